The Morgan fingerprint density at radius 3 is 2.35 bits per heavy atom. The minimum Gasteiger partial charge on any atom is -0.481 e. The van der Waals surface area contributed by atoms with E-state index in [0.717, 1.165) is 6.26 Å². The third-order valence-electron chi connectivity index (χ3n) is 3.30. The van der Waals surface area contributed by atoms with Crippen molar-refractivity contribution in [3.63, 3.8) is 0 Å². The predicted molar refractivity (Wildman–Crippen MR) is 87.3 cm³/mol. The number of aryl methyl sites for hydroxylation is 1. The van der Waals surface area contributed by atoms with Crippen LogP contribution in [0.3, 0.4) is 0 Å². The molecule has 0 bridgehead atoms. The number of amides is 1. The summed E-state index contributed by atoms with van der Waals surface area (Å²) in [5.41, 5.74) is 0.826. The Hall–Kier alpha value is -1.89. The van der Waals surface area contributed by atoms with E-state index in [2.05, 4.69) is 0 Å². The van der Waals surface area contributed by atoms with E-state index >= 15 is 0 Å². The van der Waals surface area contributed by atoms with Gasteiger partial charge in [-0.25, -0.2) is 8.42 Å². The molecule has 0 unspecified atom stereocenters. The van der Waals surface area contributed by atoms with Crippen molar-refractivity contribution in [1.29, 1.82) is 0 Å². The van der Waals surface area contributed by atoms with Crippen LogP contribution in [-0.2, 0) is 14.6 Å². The maximum atomic E-state index is 12.6. The summed E-state index contributed by atoms with van der Waals surface area (Å²) in [5.74, 6) is -1.16. The Morgan fingerprint density at radius 2 is 1.87 bits per heavy atom. The molecule has 0 aliphatic carbocycles. The zero-order valence-corrected chi connectivity index (χ0v) is 14.7. The summed E-state index contributed by atoms with van der Waals surface area (Å²) in [6, 6.07) is 4.52. The Morgan fingerprint density at radius 1 is 1.26 bits per heavy atom. The smallest absolute Gasteiger partial charge is 0.305 e. The molecule has 0 spiro atoms. The molecule has 1 aromatic rings. The van der Waals surface area contributed by atoms with Crippen molar-refractivity contribution in [2.24, 2.45) is 5.92 Å². The fourth-order valence-electron chi connectivity index (χ4n) is 2.26. The third kappa shape index (κ3) is 5.67. The SMILES string of the molecule is Cc1ccc(C(=O)N(CCC(=O)O)CC(C)C)cc1S(C)(=O)=O. The molecule has 0 fully saturated rings. The van der Waals surface area contributed by atoms with Crippen molar-refractivity contribution in [2.75, 3.05) is 19.3 Å². The summed E-state index contributed by atoms with van der Waals surface area (Å²) in [6.07, 6.45) is 0.948. The fourth-order valence-corrected chi connectivity index (χ4v) is 3.26. The lowest BCUT2D eigenvalue weighted by Crippen LogP contribution is -2.36. The van der Waals surface area contributed by atoms with Crippen LogP contribution < -0.4 is 0 Å². The van der Waals surface area contributed by atoms with E-state index in [1.165, 1.54) is 11.0 Å². The summed E-state index contributed by atoms with van der Waals surface area (Å²) in [6.45, 7) is 6.03. The van der Waals surface area contributed by atoms with Crippen LogP contribution in [0.1, 0.15) is 36.2 Å². The van der Waals surface area contributed by atoms with Crippen LogP contribution in [0.5, 0.6) is 0 Å². The van der Waals surface area contributed by atoms with Gasteiger partial charge in [-0.1, -0.05) is 19.9 Å². The number of aliphatic carboxylic acids is 1. The average Bonchev–Trinajstić information content (AvgIpc) is 2.41. The number of carboxylic acids is 1. The standard InChI is InChI=1S/C16H23NO5S/c1-11(2)10-17(8-7-15(18)19)16(20)13-6-5-12(3)14(9-13)23(4,21)22/h5-6,9,11H,7-8,10H2,1-4H3,(H,18,19). The van der Waals surface area contributed by atoms with E-state index in [9.17, 15) is 18.0 Å². The molecule has 0 aliphatic heterocycles. The molecule has 0 radical (unpaired) electrons. The molecule has 0 atom stereocenters. The van der Waals surface area contributed by atoms with Crippen molar-refractivity contribution >= 4 is 21.7 Å². The van der Waals surface area contributed by atoms with Crippen LogP contribution in [0.25, 0.3) is 0 Å². The maximum Gasteiger partial charge on any atom is 0.305 e. The van der Waals surface area contributed by atoms with Crippen molar-refractivity contribution in [2.45, 2.75) is 32.1 Å². The fraction of sp³-hybridized carbons (Fsp3) is 0.500. The van der Waals surface area contributed by atoms with Gasteiger partial charge in [0.15, 0.2) is 9.84 Å². The van der Waals surface area contributed by atoms with Crippen LogP contribution in [0.2, 0.25) is 0 Å². The normalized spacial score (nSPS) is 11.5. The Bertz CT molecular complexity index is 694. The first-order valence-electron chi connectivity index (χ1n) is 7.34. The molecule has 1 amide bonds. The molecular formula is C16H23NO5S. The summed E-state index contributed by atoms with van der Waals surface area (Å²) in [5, 5.41) is 8.82. The van der Waals surface area contributed by atoms with Crippen molar-refractivity contribution < 1.29 is 23.1 Å². The molecular weight excluding hydrogens is 318 g/mol. The topological polar surface area (TPSA) is 91.8 Å². The molecule has 1 N–H and O–H groups in total. The highest BCUT2D eigenvalue weighted by molar-refractivity contribution is 7.90. The van der Waals surface area contributed by atoms with E-state index in [1.54, 1.807) is 19.1 Å². The highest BCUT2D eigenvalue weighted by Crippen LogP contribution is 2.18. The van der Waals surface area contributed by atoms with E-state index in [0.29, 0.717) is 12.1 Å². The number of hydrogen-bond donors (Lipinski definition) is 1. The Labute approximate surface area is 137 Å². The monoisotopic (exact) mass is 341 g/mol. The molecule has 0 saturated heterocycles. The second kappa shape index (κ2) is 7.59. The molecule has 7 heteroatoms. The van der Waals surface area contributed by atoms with Crippen molar-refractivity contribution in [1.82, 2.24) is 4.90 Å². The maximum absolute atomic E-state index is 12.6. The van der Waals surface area contributed by atoms with Gasteiger partial charge in [-0.3, -0.25) is 9.59 Å². The lowest BCUT2D eigenvalue weighted by atomic mass is 10.1. The summed E-state index contributed by atoms with van der Waals surface area (Å²) in [4.78, 5) is 25.0. The van der Waals surface area contributed by atoms with Crippen LogP contribution in [-0.4, -0.2) is 49.6 Å². The summed E-state index contributed by atoms with van der Waals surface area (Å²) >= 11 is 0. The van der Waals surface area contributed by atoms with Gasteiger partial charge in [0.05, 0.1) is 11.3 Å². The van der Waals surface area contributed by atoms with Gasteiger partial charge < -0.3 is 10.0 Å². The molecule has 6 nitrogen and oxygen atoms in total. The van der Waals surface area contributed by atoms with Crippen LogP contribution in [0, 0.1) is 12.8 Å². The quantitative estimate of drug-likeness (QED) is 0.818. The van der Waals surface area contributed by atoms with Crippen LogP contribution >= 0.6 is 0 Å². The lowest BCUT2D eigenvalue weighted by Gasteiger charge is -2.24. The van der Waals surface area contributed by atoms with Gasteiger partial charge in [0, 0.05) is 24.9 Å². The van der Waals surface area contributed by atoms with Gasteiger partial charge in [-0.2, -0.15) is 0 Å². The number of carbonyl (C=O) groups is 2. The largest absolute Gasteiger partial charge is 0.481 e. The predicted octanol–water partition coefficient (Wildman–Crippen LogP) is 1.97. The molecule has 1 aromatic carbocycles. The molecule has 0 heterocycles. The van der Waals surface area contributed by atoms with Gasteiger partial charge in [0.2, 0.25) is 0 Å². The highest BCUT2D eigenvalue weighted by Gasteiger charge is 2.20. The number of rotatable bonds is 7. The summed E-state index contributed by atoms with van der Waals surface area (Å²) < 4.78 is 23.6. The van der Waals surface area contributed by atoms with Gasteiger partial charge in [-0.05, 0) is 30.5 Å². The van der Waals surface area contributed by atoms with Gasteiger partial charge in [-0.15, -0.1) is 0 Å². The molecule has 0 aliphatic rings. The zero-order chi connectivity index (χ0) is 17.8. The van der Waals surface area contributed by atoms with Crippen molar-refractivity contribution in [3.05, 3.63) is 29.3 Å². The number of carbonyl (C=O) groups excluding carboxylic acids is 1. The summed E-state index contributed by atoms with van der Waals surface area (Å²) in [7, 11) is -3.43. The minimum atomic E-state index is -3.43. The Balaban J connectivity index is 3.15. The second-order valence-corrected chi connectivity index (χ2v) is 8.03. The Kier molecular flexibility index (Phi) is 6.32. The second-order valence-electron chi connectivity index (χ2n) is 6.04. The third-order valence-corrected chi connectivity index (χ3v) is 4.54. The van der Waals surface area contributed by atoms with Crippen molar-refractivity contribution in [3.8, 4) is 0 Å². The van der Waals surface area contributed by atoms with Gasteiger partial charge >= 0.3 is 5.97 Å². The van der Waals surface area contributed by atoms with Crippen LogP contribution in [0.15, 0.2) is 23.1 Å². The minimum absolute atomic E-state index is 0.0917. The van der Waals surface area contributed by atoms with E-state index in [4.69, 9.17) is 5.11 Å². The number of carboxylic acid groups (broad SMARTS) is 1. The molecule has 23 heavy (non-hydrogen) atoms. The zero-order valence-electron chi connectivity index (χ0n) is 13.9. The van der Waals surface area contributed by atoms with E-state index in [1.807, 2.05) is 13.8 Å². The molecule has 0 aromatic heterocycles. The lowest BCUT2D eigenvalue weighted by molar-refractivity contribution is -0.137. The number of sulfone groups is 1. The molecule has 0 saturated carbocycles. The highest BCUT2D eigenvalue weighted by atomic mass is 32.2. The number of benzene rings is 1. The number of nitrogens with zero attached hydrogens (tertiary/aromatic N) is 1. The van der Waals surface area contributed by atoms with E-state index < -0.39 is 15.8 Å². The van der Waals surface area contributed by atoms with Gasteiger partial charge in [0.25, 0.3) is 5.91 Å². The first-order chi connectivity index (χ1) is 10.5. The molecule has 1 rings (SSSR count). The average molecular weight is 341 g/mol. The van der Waals surface area contributed by atoms with Crippen LogP contribution in [0.4, 0.5) is 0 Å². The number of hydrogen-bond acceptors (Lipinski definition) is 4. The molecule has 128 valence electrons. The first-order valence-corrected chi connectivity index (χ1v) is 9.23. The first kappa shape index (κ1) is 19.2. The van der Waals surface area contributed by atoms with E-state index in [-0.39, 0.29) is 35.2 Å². The van der Waals surface area contributed by atoms with Gasteiger partial charge in [0.1, 0.15) is 0 Å².